The minimum absolute atomic E-state index is 0.931. The molecule has 164 valence electrons. The van der Waals surface area contributed by atoms with Gasteiger partial charge in [-0.2, -0.15) is 0 Å². The van der Waals surface area contributed by atoms with Gasteiger partial charge in [0.2, 0.25) is 0 Å². The van der Waals surface area contributed by atoms with E-state index in [0.29, 0.717) is 0 Å². The van der Waals surface area contributed by atoms with E-state index in [1.807, 2.05) is 12.1 Å². The molecule has 0 spiro atoms. The lowest BCUT2D eigenvalue weighted by atomic mass is 10.0. The molecule has 0 aliphatic heterocycles. The van der Waals surface area contributed by atoms with Gasteiger partial charge in [0.1, 0.15) is 11.2 Å². The first-order valence-electron chi connectivity index (χ1n) is 12.1. The van der Waals surface area contributed by atoms with Crippen LogP contribution in [0.5, 0.6) is 0 Å². The molecule has 2 heteroatoms. The molecular formula is C33H21NO. The number of nitrogens with zero attached hydrogens (tertiary/aromatic N) is 1. The summed E-state index contributed by atoms with van der Waals surface area (Å²) in [5.74, 6) is 0. The van der Waals surface area contributed by atoms with Gasteiger partial charge in [-0.15, -0.1) is 0 Å². The summed E-state index contributed by atoms with van der Waals surface area (Å²) in [5.41, 5.74) is 12.1. The van der Waals surface area contributed by atoms with Gasteiger partial charge in [0.25, 0.3) is 0 Å². The van der Waals surface area contributed by atoms with Crippen LogP contribution in [0.3, 0.4) is 0 Å². The van der Waals surface area contributed by atoms with Crippen LogP contribution in [-0.4, -0.2) is 4.57 Å². The number of fused-ring (bicyclic) bond motifs is 7. The topological polar surface area (TPSA) is 18.1 Å². The second-order valence-corrected chi connectivity index (χ2v) is 9.42. The summed E-state index contributed by atoms with van der Waals surface area (Å²) >= 11 is 0. The average molecular weight is 448 g/mol. The van der Waals surface area contributed by atoms with Gasteiger partial charge in [-0.05, 0) is 70.6 Å². The van der Waals surface area contributed by atoms with Gasteiger partial charge in [0.05, 0.1) is 5.52 Å². The average Bonchev–Trinajstić information content (AvgIpc) is 3.60. The molecule has 0 saturated heterocycles. The fraction of sp³-hybridized carbons (Fsp3) is 0.0303. The number of furan rings is 1. The van der Waals surface area contributed by atoms with Crippen molar-refractivity contribution in [2.24, 2.45) is 0 Å². The molecule has 7 aromatic rings. The summed E-state index contributed by atoms with van der Waals surface area (Å²) in [7, 11) is 0. The van der Waals surface area contributed by atoms with Crippen molar-refractivity contribution < 1.29 is 4.42 Å². The molecule has 0 amide bonds. The predicted molar refractivity (Wildman–Crippen MR) is 144 cm³/mol. The lowest BCUT2D eigenvalue weighted by molar-refractivity contribution is 0.670. The summed E-state index contributed by atoms with van der Waals surface area (Å²) in [5, 5.41) is 3.54. The fourth-order valence-electron chi connectivity index (χ4n) is 5.77. The Kier molecular flexibility index (Phi) is 3.75. The largest absolute Gasteiger partial charge is 0.455 e. The van der Waals surface area contributed by atoms with Gasteiger partial charge in [-0.25, -0.2) is 0 Å². The summed E-state index contributed by atoms with van der Waals surface area (Å²) in [6, 6.07) is 39.2. The number of benzene rings is 5. The van der Waals surface area contributed by atoms with Gasteiger partial charge in [-0.3, -0.25) is 0 Å². The molecule has 0 fully saturated rings. The van der Waals surface area contributed by atoms with Crippen LogP contribution < -0.4 is 0 Å². The van der Waals surface area contributed by atoms with Crippen LogP contribution in [0.25, 0.3) is 60.8 Å². The highest BCUT2D eigenvalue weighted by molar-refractivity contribution is 6.09. The number of rotatable bonds is 2. The zero-order chi connectivity index (χ0) is 22.9. The molecule has 8 rings (SSSR count). The van der Waals surface area contributed by atoms with Crippen molar-refractivity contribution in [3.05, 3.63) is 127 Å². The summed E-state index contributed by atoms with van der Waals surface area (Å²) in [4.78, 5) is 0. The van der Waals surface area contributed by atoms with Crippen LogP contribution >= 0.6 is 0 Å². The monoisotopic (exact) mass is 447 g/mol. The minimum Gasteiger partial charge on any atom is -0.455 e. The number of hydrogen-bond acceptors (Lipinski definition) is 1. The maximum absolute atomic E-state index is 6.29. The zero-order valence-corrected chi connectivity index (χ0v) is 19.0. The Morgan fingerprint density at radius 1 is 0.600 bits per heavy atom. The number of aromatic nitrogens is 1. The third-order valence-corrected chi connectivity index (χ3v) is 7.47. The van der Waals surface area contributed by atoms with Crippen LogP contribution in [0.1, 0.15) is 11.1 Å². The Balaban J connectivity index is 1.25. The first kappa shape index (κ1) is 18.8. The molecule has 0 N–H and O–H groups in total. The van der Waals surface area contributed by atoms with Gasteiger partial charge >= 0.3 is 0 Å². The predicted octanol–water partition coefficient (Wildman–Crippen LogP) is 8.77. The van der Waals surface area contributed by atoms with Crippen molar-refractivity contribution in [1.29, 1.82) is 0 Å². The molecule has 0 unspecified atom stereocenters. The number of para-hydroxylation sites is 2. The van der Waals surface area contributed by atoms with E-state index in [9.17, 15) is 0 Å². The Bertz CT molecular complexity index is 1930. The molecule has 2 nitrogen and oxygen atoms in total. The Morgan fingerprint density at radius 2 is 1.43 bits per heavy atom. The third kappa shape index (κ3) is 2.71. The molecule has 5 aromatic carbocycles. The highest BCUT2D eigenvalue weighted by Crippen LogP contribution is 2.39. The van der Waals surface area contributed by atoms with E-state index in [1.54, 1.807) is 0 Å². The van der Waals surface area contributed by atoms with E-state index < -0.39 is 0 Å². The van der Waals surface area contributed by atoms with Crippen molar-refractivity contribution in [3.63, 3.8) is 0 Å². The van der Waals surface area contributed by atoms with E-state index >= 15 is 0 Å². The number of hydrogen-bond donors (Lipinski definition) is 0. The van der Waals surface area contributed by atoms with Crippen LogP contribution in [-0.2, 0) is 6.42 Å². The lowest BCUT2D eigenvalue weighted by Crippen LogP contribution is -1.93. The molecular weight excluding hydrogens is 426 g/mol. The minimum atomic E-state index is 0.931. The molecule has 0 atom stereocenters. The Morgan fingerprint density at radius 3 is 2.43 bits per heavy atom. The van der Waals surface area contributed by atoms with Crippen LogP contribution in [0.15, 0.2) is 120 Å². The molecule has 1 aliphatic carbocycles. The van der Waals surface area contributed by atoms with E-state index in [0.717, 1.165) is 33.9 Å². The smallest absolute Gasteiger partial charge is 0.143 e. The molecule has 0 bridgehead atoms. The summed E-state index contributed by atoms with van der Waals surface area (Å²) in [6.45, 7) is 0. The van der Waals surface area contributed by atoms with Crippen molar-refractivity contribution in [3.8, 4) is 27.9 Å². The van der Waals surface area contributed by atoms with Crippen LogP contribution in [0.2, 0.25) is 0 Å². The second kappa shape index (κ2) is 6.97. The maximum Gasteiger partial charge on any atom is 0.143 e. The molecule has 2 aromatic heterocycles. The lowest BCUT2D eigenvalue weighted by Gasteiger charge is -2.10. The quantitative estimate of drug-likeness (QED) is 0.259. The third-order valence-electron chi connectivity index (χ3n) is 7.47. The highest BCUT2D eigenvalue weighted by atomic mass is 16.3. The highest BCUT2D eigenvalue weighted by Gasteiger charge is 2.19. The summed E-state index contributed by atoms with van der Waals surface area (Å²) < 4.78 is 8.58. The Hall–Kier alpha value is -4.56. The van der Waals surface area contributed by atoms with E-state index in [4.69, 9.17) is 4.42 Å². The SMILES string of the molecule is c1ccc2c(c1)Cc1ccc(-n3ccc4cc(-c5cccc6c5oc5ccccc56)ccc43)cc1-2. The second-order valence-electron chi connectivity index (χ2n) is 9.42. The maximum atomic E-state index is 6.29. The first-order chi connectivity index (χ1) is 17.3. The summed E-state index contributed by atoms with van der Waals surface area (Å²) in [6.07, 6.45) is 3.20. The van der Waals surface area contributed by atoms with Crippen molar-refractivity contribution in [2.75, 3.05) is 0 Å². The van der Waals surface area contributed by atoms with Gasteiger partial charge in [0.15, 0.2) is 0 Å². The molecule has 2 heterocycles. The van der Waals surface area contributed by atoms with Crippen molar-refractivity contribution in [1.82, 2.24) is 4.57 Å². The first-order valence-corrected chi connectivity index (χ1v) is 12.1. The van der Waals surface area contributed by atoms with E-state index in [-0.39, 0.29) is 0 Å². The standard InChI is InChI=1S/C33H21NO/c1-2-7-26-21(6-1)18-23-12-14-25(20-30(23)26)34-17-16-24-19-22(13-15-31(24)34)27-9-5-10-29-28-8-3-4-11-32(28)35-33(27)29/h1-17,19-20H,18H2. The van der Waals surface area contributed by atoms with Crippen LogP contribution in [0, 0.1) is 0 Å². The normalized spacial score (nSPS) is 12.5. The fourth-order valence-corrected chi connectivity index (χ4v) is 5.77. The zero-order valence-electron chi connectivity index (χ0n) is 19.0. The van der Waals surface area contributed by atoms with Gasteiger partial charge < -0.3 is 8.98 Å². The molecule has 35 heavy (non-hydrogen) atoms. The van der Waals surface area contributed by atoms with Crippen molar-refractivity contribution >= 4 is 32.8 Å². The van der Waals surface area contributed by atoms with E-state index in [2.05, 4.69) is 108 Å². The van der Waals surface area contributed by atoms with E-state index in [1.165, 1.54) is 44.4 Å². The van der Waals surface area contributed by atoms with Crippen molar-refractivity contribution in [2.45, 2.75) is 6.42 Å². The molecule has 0 saturated carbocycles. The van der Waals surface area contributed by atoms with Gasteiger partial charge in [-0.1, -0.05) is 72.8 Å². The molecule has 0 radical (unpaired) electrons. The molecule has 1 aliphatic rings. The Labute approximate surface area is 202 Å². The van der Waals surface area contributed by atoms with Crippen LogP contribution in [0.4, 0.5) is 0 Å². The van der Waals surface area contributed by atoms with Gasteiger partial charge in [0, 0.05) is 33.6 Å².